The van der Waals surface area contributed by atoms with E-state index in [1.807, 2.05) is 42.5 Å². The molecule has 5 N–H and O–H groups in total. The summed E-state index contributed by atoms with van der Waals surface area (Å²) in [6, 6.07) is 23.4. The summed E-state index contributed by atoms with van der Waals surface area (Å²) in [5.74, 6) is 1.11. The zero-order valence-corrected chi connectivity index (χ0v) is 23.2. The number of aromatic hydroxyl groups is 1. The molecule has 0 saturated heterocycles. The Hall–Kier alpha value is -4.26. The molecule has 0 fully saturated rings. The Morgan fingerprint density at radius 3 is 1.93 bits per heavy atom. The van der Waals surface area contributed by atoms with Crippen LogP contribution in [0.1, 0.15) is 10.4 Å². The van der Waals surface area contributed by atoms with E-state index >= 15 is 0 Å². The van der Waals surface area contributed by atoms with Crippen molar-refractivity contribution in [3.63, 3.8) is 0 Å². The van der Waals surface area contributed by atoms with E-state index in [2.05, 4.69) is 52.1 Å². The van der Waals surface area contributed by atoms with Crippen molar-refractivity contribution in [1.82, 2.24) is 20.3 Å². The summed E-state index contributed by atoms with van der Waals surface area (Å²) in [6.45, 7) is 2.51. The van der Waals surface area contributed by atoms with Gasteiger partial charge < -0.3 is 35.8 Å². The number of phenols is 1. The molecule has 208 valence electrons. The number of aromatic nitrogens is 3. The number of hydrogen-bond donors (Lipinski definition) is 5. The van der Waals surface area contributed by atoms with E-state index < -0.39 is 0 Å². The van der Waals surface area contributed by atoms with Crippen molar-refractivity contribution in [2.75, 3.05) is 55.5 Å². The van der Waals surface area contributed by atoms with Crippen molar-refractivity contribution in [3.8, 4) is 5.75 Å². The van der Waals surface area contributed by atoms with Gasteiger partial charge in [-0.3, -0.25) is 4.79 Å². The number of halogens is 1. The van der Waals surface area contributed by atoms with Crippen LogP contribution in [0.5, 0.6) is 5.75 Å². The van der Waals surface area contributed by atoms with Crippen molar-refractivity contribution >= 4 is 51.1 Å². The molecule has 40 heavy (non-hydrogen) atoms. The Kier molecular flexibility index (Phi) is 11.0. The number of nitrogens with one attached hydrogen (secondary N) is 4. The summed E-state index contributed by atoms with van der Waals surface area (Å²) in [4.78, 5) is 25.4. The minimum atomic E-state index is -0.139. The van der Waals surface area contributed by atoms with Crippen LogP contribution in [0.15, 0.2) is 83.3 Å². The monoisotopic (exact) mass is 607 g/mol. The van der Waals surface area contributed by atoms with Crippen molar-refractivity contribution in [2.45, 2.75) is 0 Å². The molecule has 0 saturated carbocycles. The highest BCUT2D eigenvalue weighted by Crippen LogP contribution is 2.20. The lowest BCUT2D eigenvalue weighted by Crippen LogP contribution is -2.27. The largest absolute Gasteiger partial charge is 0.508 e. The number of phenolic OH excluding ortho intramolecular Hbond substituents is 1. The fraction of sp³-hybridized carbons (Fsp3) is 0.214. The van der Waals surface area contributed by atoms with Crippen LogP contribution in [0.4, 0.5) is 29.2 Å². The smallest absolute Gasteiger partial charge is 0.251 e. The van der Waals surface area contributed by atoms with Gasteiger partial charge in [0.2, 0.25) is 17.8 Å². The molecule has 11 nitrogen and oxygen atoms in total. The Morgan fingerprint density at radius 2 is 1.27 bits per heavy atom. The molecule has 12 heteroatoms. The van der Waals surface area contributed by atoms with Crippen molar-refractivity contribution in [3.05, 3.63) is 88.9 Å². The standard InChI is InChI=1S/C28H30BrN7O4/c29-21-8-6-20(7-9-21)25(38)30-14-16-39-18-19-40-17-15-31-26-34-27(32-22-4-2-1-3-5-22)36-28(35-26)33-23-10-12-24(37)13-11-23/h1-13,37H,14-19H2,(H,30,38)(H3,31,32,33,34,35,36). The fourth-order valence-electron chi connectivity index (χ4n) is 3.39. The number of anilines is 5. The van der Waals surface area contributed by atoms with Gasteiger partial charge in [-0.15, -0.1) is 0 Å². The van der Waals surface area contributed by atoms with E-state index in [1.54, 1.807) is 36.4 Å². The lowest BCUT2D eigenvalue weighted by Gasteiger charge is -2.12. The molecule has 1 heterocycles. The first-order valence-electron chi connectivity index (χ1n) is 12.6. The van der Waals surface area contributed by atoms with Crippen molar-refractivity contribution in [2.24, 2.45) is 0 Å². The van der Waals surface area contributed by atoms with Gasteiger partial charge in [0.25, 0.3) is 5.91 Å². The molecular weight excluding hydrogens is 578 g/mol. The summed E-state index contributed by atoms with van der Waals surface area (Å²) in [5, 5.41) is 21.8. The van der Waals surface area contributed by atoms with Gasteiger partial charge in [-0.1, -0.05) is 34.1 Å². The van der Waals surface area contributed by atoms with Gasteiger partial charge in [0.15, 0.2) is 0 Å². The second-order valence-corrected chi connectivity index (χ2v) is 9.30. The van der Waals surface area contributed by atoms with Gasteiger partial charge in [-0.2, -0.15) is 15.0 Å². The van der Waals surface area contributed by atoms with Crippen molar-refractivity contribution < 1.29 is 19.4 Å². The quantitative estimate of drug-likeness (QED) is 0.0952. The predicted octanol–water partition coefficient (Wildman–Crippen LogP) is 4.70. The van der Waals surface area contributed by atoms with Crippen molar-refractivity contribution in [1.29, 1.82) is 0 Å². The minimum absolute atomic E-state index is 0.139. The molecule has 0 aliphatic carbocycles. The Balaban J connectivity index is 1.17. The topological polar surface area (TPSA) is 143 Å². The normalized spacial score (nSPS) is 10.6. The summed E-state index contributed by atoms with van der Waals surface area (Å²) in [7, 11) is 0. The zero-order chi connectivity index (χ0) is 28.0. The Labute approximate surface area is 240 Å². The number of nitrogens with zero attached hydrogens (tertiary/aromatic N) is 3. The molecule has 0 aliphatic heterocycles. The number of para-hydroxylation sites is 1. The third-order valence-corrected chi connectivity index (χ3v) is 5.86. The van der Waals surface area contributed by atoms with Gasteiger partial charge in [0, 0.05) is 34.5 Å². The van der Waals surface area contributed by atoms with Crippen LogP contribution in [-0.4, -0.2) is 65.5 Å². The number of benzene rings is 3. The van der Waals surface area contributed by atoms with Crippen LogP contribution < -0.4 is 21.3 Å². The lowest BCUT2D eigenvalue weighted by molar-refractivity contribution is 0.0519. The van der Waals surface area contributed by atoms with Gasteiger partial charge in [0.05, 0.1) is 26.4 Å². The van der Waals surface area contributed by atoms with Gasteiger partial charge in [0.1, 0.15) is 5.75 Å². The second-order valence-electron chi connectivity index (χ2n) is 8.38. The highest BCUT2D eigenvalue weighted by molar-refractivity contribution is 9.10. The summed E-state index contributed by atoms with van der Waals surface area (Å²) in [5.41, 5.74) is 2.16. The van der Waals surface area contributed by atoms with Crippen LogP contribution in [0.25, 0.3) is 0 Å². The number of rotatable bonds is 15. The number of carbonyl (C=O) groups is 1. The van der Waals surface area contributed by atoms with Crippen LogP contribution in [0, 0.1) is 0 Å². The first-order chi connectivity index (χ1) is 19.5. The van der Waals surface area contributed by atoms with Gasteiger partial charge in [-0.05, 0) is 60.7 Å². The molecule has 4 aromatic rings. The maximum atomic E-state index is 12.1. The lowest BCUT2D eigenvalue weighted by atomic mass is 10.2. The first-order valence-corrected chi connectivity index (χ1v) is 13.4. The molecular formula is C28H30BrN7O4. The van der Waals surface area contributed by atoms with Gasteiger partial charge in [-0.25, -0.2) is 0 Å². The van der Waals surface area contributed by atoms with E-state index in [4.69, 9.17) is 9.47 Å². The van der Waals surface area contributed by atoms with E-state index in [-0.39, 0.29) is 11.7 Å². The Bertz CT molecular complexity index is 1340. The molecule has 0 aliphatic rings. The van der Waals surface area contributed by atoms with Gasteiger partial charge >= 0.3 is 0 Å². The number of amides is 1. The third kappa shape index (κ3) is 9.80. The van der Waals surface area contributed by atoms with E-state index in [0.717, 1.165) is 15.8 Å². The number of ether oxygens (including phenoxy) is 2. The zero-order valence-electron chi connectivity index (χ0n) is 21.6. The van der Waals surface area contributed by atoms with Crippen LogP contribution in [-0.2, 0) is 9.47 Å². The predicted molar refractivity (Wildman–Crippen MR) is 158 cm³/mol. The van der Waals surface area contributed by atoms with Crippen LogP contribution in [0.2, 0.25) is 0 Å². The third-order valence-electron chi connectivity index (χ3n) is 5.33. The molecule has 4 rings (SSSR count). The molecule has 3 aromatic carbocycles. The summed E-state index contributed by atoms with van der Waals surface area (Å²) >= 11 is 3.35. The molecule has 1 amide bonds. The first kappa shape index (κ1) is 28.7. The molecule has 0 radical (unpaired) electrons. The summed E-state index contributed by atoms with van der Waals surface area (Å²) in [6.07, 6.45) is 0. The molecule has 0 bridgehead atoms. The minimum Gasteiger partial charge on any atom is -0.508 e. The van der Waals surface area contributed by atoms with E-state index in [9.17, 15) is 9.90 Å². The van der Waals surface area contributed by atoms with E-state index in [0.29, 0.717) is 62.9 Å². The molecule has 0 unspecified atom stereocenters. The van der Waals surface area contributed by atoms with Crippen LogP contribution >= 0.6 is 15.9 Å². The maximum Gasteiger partial charge on any atom is 0.251 e. The molecule has 0 atom stereocenters. The number of hydrogen-bond acceptors (Lipinski definition) is 10. The average molecular weight is 608 g/mol. The Morgan fingerprint density at radius 1 is 0.700 bits per heavy atom. The maximum absolute atomic E-state index is 12.1. The molecule has 1 aromatic heterocycles. The highest BCUT2D eigenvalue weighted by Gasteiger charge is 2.08. The average Bonchev–Trinajstić information content (AvgIpc) is 2.96. The van der Waals surface area contributed by atoms with Crippen LogP contribution in [0.3, 0.4) is 0 Å². The highest BCUT2D eigenvalue weighted by atomic mass is 79.9. The molecule has 0 spiro atoms. The second kappa shape index (κ2) is 15.4. The van der Waals surface area contributed by atoms with E-state index in [1.165, 1.54) is 0 Å². The summed E-state index contributed by atoms with van der Waals surface area (Å²) < 4.78 is 12.1. The number of carbonyl (C=O) groups excluding carboxylic acids is 1. The fourth-order valence-corrected chi connectivity index (χ4v) is 3.65. The SMILES string of the molecule is O=C(NCCOCCOCCNc1nc(Nc2ccccc2)nc(Nc2ccc(O)cc2)n1)c1ccc(Br)cc1.